The Bertz CT molecular complexity index is 766. The van der Waals surface area contributed by atoms with Crippen LogP contribution in [-0.4, -0.2) is 32.2 Å². The Balaban J connectivity index is 2.34. The number of benzene rings is 1. The molecule has 1 unspecified atom stereocenters. The van der Waals surface area contributed by atoms with E-state index in [-0.39, 0.29) is 18.6 Å². The molecule has 0 saturated carbocycles. The van der Waals surface area contributed by atoms with Crippen LogP contribution in [0.1, 0.15) is 13.8 Å². The number of ether oxygens (including phenoxy) is 1. The minimum atomic E-state index is -4.43. The summed E-state index contributed by atoms with van der Waals surface area (Å²) in [5.74, 6) is 0.0665. The molecule has 0 amide bonds. The number of nitrogens with zero attached hydrogens (tertiary/aromatic N) is 1. The maximum absolute atomic E-state index is 11.8. The van der Waals surface area contributed by atoms with Crippen LogP contribution in [0.3, 0.4) is 0 Å². The Kier molecular flexibility index (Phi) is 5.46. The Morgan fingerprint density at radius 2 is 2.13 bits per heavy atom. The zero-order valence-corrected chi connectivity index (χ0v) is 14.0. The molecule has 0 spiro atoms. The van der Waals surface area contributed by atoms with Crippen LogP contribution < -0.4 is 4.31 Å². The van der Waals surface area contributed by atoms with Crippen molar-refractivity contribution in [1.82, 2.24) is 0 Å². The van der Waals surface area contributed by atoms with Crippen molar-refractivity contribution in [2.45, 2.75) is 20.0 Å². The summed E-state index contributed by atoms with van der Waals surface area (Å²) >= 11 is 0. The summed E-state index contributed by atoms with van der Waals surface area (Å²) in [4.78, 5) is 0. The first-order valence-corrected chi connectivity index (χ1v) is 8.67. The quantitative estimate of drug-likeness (QED) is 0.590. The van der Waals surface area contributed by atoms with Crippen LogP contribution in [0.2, 0.25) is 0 Å². The van der Waals surface area contributed by atoms with Gasteiger partial charge in [0.25, 0.3) is 0 Å². The second-order valence-electron chi connectivity index (χ2n) is 5.56. The number of anilines is 1. The molecule has 0 aliphatic carbocycles. The molecule has 23 heavy (non-hydrogen) atoms. The SMILES string of the molecule is C=CCOC(CN(c1ccc2occc2c1)S(=O)(=O)O)C(C)C. The molecule has 0 aliphatic heterocycles. The van der Waals surface area contributed by atoms with E-state index < -0.39 is 10.3 Å². The lowest BCUT2D eigenvalue weighted by atomic mass is 10.1. The van der Waals surface area contributed by atoms with Gasteiger partial charge in [-0.05, 0) is 30.2 Å². The molecule has 1 N–H and O–H groups in total. The minimum Gasteiger partial charge on any atom is -0.464 e. The summed E-state index contributed by atoms with van der Waals surface area (Å²) in [7, 11) is -4.43. The monoisotopic (exact) mass is 339 g/mol. The van der Waals surface area contributed by atoms with Crippen molar-refractivity contribution in [1.29, 1.82) is 0 Å². The Hall–Kier alpha value is -1.83. The smallest absolute Gasteiger partial charge is 0.360 e. The van der Waals surface area contributed by atoms with Crippen LogP contribution in [-0.2, 0) is 15.0 Å². The van der Waals surface area contributed by atoms with E-state index in [1.165, 1.54) is 6.26 Å². The van der Waals surface area contributed by atoms with E-state index in [2.05, 4.69) is 6.58 Å². The van der Waals surface area contributed by atoms with Crippen molar-refractivity contribution in [3.8, 4) is 0 Å². The average Bonchev–Trinajstić information content (AvgIpc) is 2.93. The zero-order chi connectivity index (χ0) is 17.0. The zero-order valence-electron chi connectivity index (χ0n) is 13.2. The number of hydrogen-bond donors (Lipinski definition) is 1. The molecular formula is C16H21NO5S. The first-order valence-electron chi connectivity index (χ1n) is 7.28. The molecule has 1 atom stereocenters. The summed E-state index contributed by atoms with van der Waals surface area (Å²) in [5, 5.41) is 0.754. The lowest BCUT2D eigenvalue weighted by Gasteiger charge is -2.28. The van der Waals surface area contributed by atoms with Crippen molar-refractivity contribution >= 4 is 27.0 Å². The molecule has 0 aliphatic rings. The third kappa shape index (κ3) is 4.34. The molecule has 2 aromatic rings. The fourth-order valence-corrected chi connectivity index (χ4v) is 2.97. The van der Waals surface area contributed by atoms with E-state index in [9.17, 15) is 13.0 Å². The molecule has 0 saturated heterocycles. The minimum absolute atomic E-state index is 0.00764. The standard InChI is InChI=1S/C16H21NO5S/c1-4-8-21-16(12(2)3)11-17(23(18,19)20)14-5-6-15-13(10-14)7-9-22-15/h4-7,9-10,12,16H,1,8,11H2,2-3H3,(H,18,19,20). The Morgan fingerprint density at radius 1 is 1.39 bits per heavy atom. The van der Waals surface area contributed by atoms with Gasteiger partial charge in [-0.25, -0.2) is 4.31 Å². The van der Waals surface area contributed by atoms with Gasteiger partial charge in [0.1, 0.15) is 5.58 Å². The fourth-order valence-electron chi connectivity index (χ4n) is 2.25. The van der Waals surface area contributed by atoms with E-state index >= 15 is 0 Å². The normalized spacial score (nSPS) is 13.4. The highest BCUT2D eigenvalue weighted by Gasteiger charge is 2.26. The predicted octanol–water partition coefficient (Wildman–Crippen LogP) is 3.27. The van der Waals surface area contributed by atoms with Gasteiger partial charge in [-0.3, -0.25) is 4.55 Å². The molecule has 0 radical (unpaired) electrons. The summed E-state index contributed by atoms with van der Waals surface area (Å²) < 4.78 is 45.1. The molecule has 1 aromatic carbocycles. The molecule has 0 bridgehead atoms. The van der Waals surface area contributed by atoms with Crippen LogP contribution >= 0.6 is 0 Å². The number of hydrogen-bond acceptors (Lipinski definition) is 4. The maximum Gasteiger partial charge on any atom is 0.360 e. The van der Waals surface area contributed by atoms with Crippen LogP contribution in [0, 0.1) is 5.92 Å². The van der Waals surface area contributed by atoms with E-state index in [0.29, 0.717) is 17.9 Å². The Labute approximate surface area is 136 Å². The predicted molar refractivity (Wildman–Crippen MR) is 89.9 cm³/mol. The van der Waals surface area contributed by atoms with Crippen molar-refractivity contribution in [2.75, 3.05) is 17.5 Å². The van der Waals surface area contributed by atoms with Crippen molar-refractivity contribution < 1.29 is 22.1 Å². The topological polar surface area (TPSA) is 80.0 Å². The van der Waals surface area contributed by atoms with Gasteiger partial charge in [-0.15, -0.1) is 6.58 Å². The summed E-state index contributed by atoms with van der Waals surface area (Å²) in [5.41, 5.74) is 1.00. The average molecular weight is 339 g/mol. The largest absolute Gasteiger partial charge is 0.464 e. The lowest BCUT2D eigenvalue weighted by Crippen LogP contribution is -2.40. The van der Waals surface area contributed by atoms with E-state index in [1.807, 2.05) is 13.8 Å². The molecule has 0 fully saturated rings. The molecule has 6 nitrogen and oxygen atoms in total. The molecular weight excluding hydrogens is 318 g/mol. The van der Waals surface area contributed by atoms with E-state index in [1.54, 1.807) is 30.3 Å². The van der Waals surface area contributed by atoms with Gasteiger partial charge in [0.05, 0.1) is 31.2 Å². The third-order valence-electron chi connectivity index (χ3n) is 3.52. The maximum atomic E-state index is 11.8. The van der Waals surface area contributed by atoms with Gasteiger partial charge in [0.15, 0.2) is 0 Å². The van der Waals surface area contributed by atoms with E-state index in [0.717, 1.165) is 9.69 Å². The summed E-state index contributed by atoms with van der Waals surface area (Å²) in [6, 6.07) is 6.63. The molecule has 1 aromatic heterocycles. The van der Waals surface area contributed by atoms with Gasteiger partial charge in [-0.1, -0.05) is 19.9 Å². The third-order valence-corrected chi connectivity index (χ3v) is 4.44. The first kappa shape index (κ1) is 17.5. The summed E-state index contributed by atoms with van der Waals surface area (Å²) in [6.07, 6.45) is 2.75. The van der Waals surface area contributed by atoms with Gasteiger partial charge in [-0.2, -0.15) is 8.42 Å². The van der Waals surface area contributed by atoms with Crippen LogP contribution in [0.4, 0.5) is 5.69 Å². The molecule has 2 rings (SSSR count). The number of furan rings is 1. The molecule has 126 valence electrons. The second kappa shape index (κ2) is 7.16. The van der Waals surface area contributed by atoms with Gasteiger partial charge in [0, 0.05) is 5.39 Å². The fraction of sp³-hybridized carbons (Fsp3) is 0.375. The van der Waals surface area contributed by atoms with Gasteiger partial charge in [0.2, 0.25) is 0 Å². The lowest BCUT2D eigenvalue weighted by molar-refractivity contribution is 0.0477. The molecule has 7 heteroatoms. The van der Waals surface area contributed by atoms with Crippen LogP contribution in [0.25, 0.3) is 11.0 Å². The first-order chi connectivity index (χ1) is 10.8. The number of rotatable bonds is 8. The van der Waals surface area contributed by atoms with Crippen LogP contribution in [0.15, 0.2) is 47.6 Å². The van der Waals surface area contributed by atoms with Crippen LogP contribution in [0.5, 0.6) is 0 Å². The van der Waals surface area contributed by atoms with Crippen molar-refractivity contribution in [3.05, 3.63) is 43.2 Å². The van der Waals surface area contributed by atoms with Gasteiger partial charge >= 0.3 is 10.3 Å². The van der Waals surface area contributed by atoms with E-state index in [4.69, 9.17) is 9.15 Å². The van der Waals surface area contributed by atoms with Crippen molar-refractivity contribution in [3.63, 3.8) is 0 Å². The Morgan fingerprint density at radius 3 is 2.74 bits per heavy atom. The van der Waals surface area contributed by atoms with Crippen molar-refractivity contribution in [2.24, 2.45) is 5.92 Å². The number of fused-ring (bicyclic) bond motifs is 1. The molecule has 1 heterocycles. The highest BCUT2D eigenvalue weighted by molar-refractivity contribution is 7.87. The second-order valence-corrected chi connectivity index (χ2v) is 6.89. The highest BCUT2D eigenvalue weighted by Crippen LogP contribution is 2.26. The van der Waals surface area contributed by atoms with Gasteiger partial charge < -0.3 is 9.15 Å². The highest BCUT2D eigenvalue weighted by atomic mass is 32.2. The summed E-state index contributed by atoms with van der Waals surface area (Å²) in [6.45, 7) is 7.76.